The summed E-state index contributed by atoms with van der Waals surface area (Å²) in [6.45, 7) is 4.00. The van der Waals surface area contributed by atoms with Gasteiger partial charge in [-0.3, -0.25) is 0 Å². The number of hydrogen-bond donors (Lipinski definition) is 2. The van der Waals surface area contributed by atoms with Crippen molar-refractivity contribution in [2.75, 3.05) is 0 Å². The summed E-state index contributed by atoms with van der Waals surface area (Å²) in [7, 11) is 0. The van der Waals surface area contributed by atoms with Gasteiger partial charge in [0.15, 0.2) is 0 Å². The highest BCUT2D eigenvalue weighted by Crippen LogP contribution is 2.19. The van der Waals surface area contributed by atoms with E-state index in [4.69, 9.17) is 5.11 Å². The molecule has 4 heteroatoms. The maximum absolute atomic E-state index is 10.7. The number of hydrogen-bond acceptors (Lipinski definition) is 2. The van der Waals surface area contributed by atoms with Gasteiger partial charge in [-0.2, -0.15) is 0 Å². The molecule has 0 saturated carbocycles. The first-order valence-corrected chi connectivity index (χ1v) is 4.93. The molecule has 2 aromatic rings. The van der Waals surface area contributed by atoms with Crippen molar-refractivity contribution < 1.29 is 9.90 Å². The van der Waals surface area contributed by atoms with Gasteiger partial charge in [0.05, 0.1) is 6.20 Å². The molecule has 1 heterocycles. The maximum Gasteiger partial charge on any atom is 0.353 e. The molecule has 0 spiro atoms. The second-order valence-electron chi connectivity index (χ2n) is 3.83. The Morgan fingerprint density at radius 2 is 1.88 bits per heavy atom. The minimum absolute atomic E-state index is 0.106. The Labute approximate surface area is 93.0 Å². The van der Waals surface area contributed by atoms with Gasteiger partial charge in [-0.15, -0.1) is 0 Å². The molecule has 2 N–H and O–H groups in total. The molecule has 2 rings (SSSR count). The lowest BCUT2D eigenvalue weighted by molar-refractivity contribution is 0.0691. The van der Waals surface area contributed by atoms with E-state index in [9.17, 15) is 4.79 Å². The zero-order chi connectivity index (χ0) is 11.7. The van der Waals surface area contributed by atoms with Gasteiger partial charge in [0, 0.05) is 5.56 Å². The first-order chi connectivity index (χ1) is 7.56. The molecule has 1 aromatic heterocycles. The standard InChI is InChI=1S/C12H12N2O2/c1-7-3-8(2)5-9(4-7)11-13-6-10(14-11)12(15)16/h3-6H,1-2H3,(H,13,14)(H,15,16). The van der Waals surface area contributed by atoms with Crippen molar-refractivity contribution >= 4 is 5.97 Å². The third-order valence-corrected chi connectivity index (χ3v) is 2.30. The molecule has 0 aliphatic rings. The van der Waals surface area contributed by atoms with E-state index in [-0.39, 0.29) is 5.69 Å². The molecule has 0 aliphatic carbocycles. The van der Waals surface area contributed by atoms with Gasteiger partial charge in [0.1, 0.15) is 11.5 Å². The van der Waals surface area contributed by atoms with Crippen LogP contribution < -0.4 is 0 Å². The first kappa shape index (κ1) is 10.4. The summed E-state index contributed by atoms with van der Waals surface area (Å²) in [6, 6.07) is 6.00. The van der Waals surface area contributed by atoms with Gasteiger partial charge in [0.25, 0.3) is 0 Å². The van der Waals surface area contributed by atoms with Crippen molar-refractivity contribution in [2.45, 2.75) is 13.8 Å². The van der Waals surface area contributed by atoms with E-state index >= 15 is 0 Å². The normalized spacial score (nSPS) is 10.4. The van der Waals surface area contributed by atoms with Crippen molar-refractivity contribution in [1.29, 1.82) is 0 Å². The lowest BCUT2D eigenvalue weighted by atomic mass is 10.1. The van der Waals surface area contributed by atoms with Crippen LogP contribution >= 0.6 is 0 Å². The van der Waals surface area contributed by atoms with Crippen LogP contribution in [0.4, 0.5) is 0 Å². The minimum Gasteiger partial charge on any atom is -0.477 e. The third kappa shape index (κ3) is 1.95. The topological polar surface area (TPSA) is 66.0 Å². The predicted octanol–water partition coefficient (Wildman–Crippen LogP) is 2.39. The summed E-state index contributed by atoms with van der Waals surface area (Å²) in [4.78, 5) is 17.5. The zero-order valence-electron chi connectivity index (χ0n) is 9.11. The smallest absolute Gasteiger partial charge is 0.353 e. The maximum atomic E-state index is 10.7. The third-order valence-electron chi connectivity index (χ3n) is 2.30. The van der Waals surface area contributed by atoms with E-state index in [2.05, 4.69) is 16.0 Å². The lowest BCUT2D eigenvalue weighted by Crippen LogP contribution is -1.95. The van der Waals surface area contributed by atoms with E-state index in [1.807, 2.05) is 26.0 Å². The van der Waals surface area contributed by atoms with Gasteiger partial charge in [0.2, 0.25) is 0 Å². The molecule has 0 saturated heterocycles. The minimum atomic E-state index is -0.997. The van der Waals surface area contributed by atoms with E-state index in [1.165, 1.54) is 6.20 Å². The van der Waals surface area contributed by atoms with Gasteiger partial charge in [-0.25, -0.2) is 9.78 Å². The first-order valence-electron chi connectivity index (χ1n) is 4.93. The van der Waals surface area contributed by atoms with Crippen LogP contribution in [0.1, 0.15) is 21.6 Å². The molecule has 82 valence electrons. The fraction of sp³-hybridized carbons (Fsp3) is 0.167. The number of aromatic nitrogens is 2. The molecule has 0 aliphatic heterocycles. The summed E-state index contributed by atoms with van der Waals surface area (Å²) in [5, 5.41) is 8.78. The van der Waals surface area contributed by atoms with Crippen LogP contribution in [0, 0.1) is 13.8 Å². The second kappa shape index (κ2) is 3.81. The highest BCUT2D eigenvalue weighted by Gasteiger charge is 2.09. The van der Waals surface area contributed by atoms with Crippen molar-refractivity contribution in [2.24, 2.45) is 0 Å². The van der Waals surface area contributed by atoms with E-state index in [1.54, 1.807) is 0 Å². The Kier molecular flexibility index (Phi) is 2.48. The van der Waals surface area contributed by atoms with Crippen molar-refractivity contribution in [1.82, 2.24) is 9.97 Å². The summed E-state index contributed by atoms with van der Waals surface area (Å²) in [5.41, 5.74) is 3.27. The highest BCUT2D eigenvalue weighted by molar-refractivity contribution is 5.85. The molecular formula is C12H12N2O2. The van der Waals surface area contributed by atoms with Crippen molar-refractivity contribution in [3.63, 3.8) is 0 Å². The lowest BCUT2D eigenvalue weighted by Gasteiger charge is -2.01. The number of H-pyrrole nitrogens is 1. The molecule has 0 fully saturated rings. The summed E-state index contributed by atoms with van der Waals surface area (Å²) in [6.07, 6.45) is 1.33. The van der Waals surface area contributed by atoms with E-state index in [0.717, 1.165) is 16.7 Å². The number of aryl methyl sites for hydroxylation is 2. The van der Waals surface area contributed by atoms with Crippen LogP contribution in [-0.2, 0) is 0 Å². The molecule has 0 amide bonds. The second-order valence-corrected chi connectivity index (χ2v) is 3.83. The number of carboxylic acid groups (broad SMARTS) is 1. The van der Waals surface area contributed by atoms with E-state index in [0.29, 0.717) is 5.82 Å². The molecular weight excluding hydrogens is 204 g/mol. The van der Waals surface area contributed by atoms with Crippen LogP contribution in [0.25, 0.3) is 11.4 Å². The summed E-state index contributed by atoms with van der Waals surface area (Å²) >= 11 is 0. The predicted molar refractivity (Wildman–Crippen MR) is 60.5 cm³/mol. The monoisotopic (exact) mass is 216 g/mol. The molecule has 0 bridgehead atoms. The number of aromatic amines is 1. The number of carbonyl (C=O) groups is 1. The van der Waals surface area contributed by atoms with Crippen molar-refractivity contribution in [3.05, 3.63) is 41.2 Å². The Balaban J connectivity index is 2.46. The number of rotatable bonds is 2. The van der Waals surface area contributed by atoms with Gasteiger partial charge in [-0.05, 0) is 26.0 Å². The quantitative estimate of drug-likeness (QED) is 0.810. The Hall–Kier alpha value is -2.10. The fourth-order valence-electron chi connectivity index (χ4n) is 1.69. The van der Waals surface area contributed by atoms with E-state index < -0.39 is 5.97 Å². The fourth-order valence-corrected chi connectivity index (χ4v) is 1.69. The van der Waals surface area contributed by atoms with Gasteiger partial charge >= 0.3 is 5.97 Å². The Bertz CT molecular complexity index is 523. The number of nitrogens with one attached hydrogen (secondary N) is 1. The van der Waals surface area contributed by atoms with Crippen LogP contribution in [0.15, 0.2) is 24.4 Å². The average molecular weight is 216 g/mol. The van der Waals surface area contributed by atoms with Gasteiger partial charge < -0.3 is 10.1 Å². The largest absolute Gasteiger partial charge is 0.477 e. The number of carboxylic acids is 1. The molecule has 1 aromatic carbocycles. The SMILES string of the molecule is Cc1cc(C)cc(-c2ncc(C(=O)O)[nH]2)c1. The van der Waals surface area contributed by atoms with Crippen LogP contribution in [-0.4, -0.2) is 21.0 Å². The molecule has 0 radical (unpaired) electrons. The summed E-state index contributed by atoms with van der Waals surface area (Å²) in [5.74, 6) is -0.410. The molecule has 16 heavy (non-hydrogen) atoms. The number of imidazole rings is 1. The van der Waals surface area contributed by atoms with Crippen molar-refractivity contribution in [3.8, 4) is 11.4 Å². The Morgan fingerprint density at radius 3 is 2.38 bits per heavy atom. The van der Waals surface area contributed by atoms with Crippen LogP contribution in [0.5, 0.6) is 0 Å². The average Bonchev–Trinajstić information content (AvgIpc) is 2.64. The zero-order valence-corrected chi connectivity index (χ0v) is 9.11. The number of aromatic carboxylic acids is 1. The van der Waals surface area contributed by atoms with Crippen LogP contribution in [0.2, 0.25) is 0 Å². The highest BCUT2D eigenvalue weighted by atomic mass is 16.4. The Morgan fingerprint density at radius 1 is 1.25 bits per heavy atom. The number of benzene rings is 1. The number of nitrogens with zero attached hydrogens (tertiary/aromatic N) is 1. The molecule has 4 nitrogen and oxygen atoms in total. The van der Waals surface area contributed by atoms with Crippen LogP contribution in [0.3, 0.4) is 0 Å². The summed E-state index contributed by atoms with van der Waals surface area (Å²) < 4.78 is 0. The molecule has 0 unspecified atom stereocenters. The molecule has 0 atom stereocenters. The van der Waals surface area contributed by atoms with Gasteiger partial charge in [-0.1, -0.05) is 17.2 Å².